The Morgan fingerprint density at radius 1 is 0.864 bits per heavy atom. The Bertz CT molecular complexity index is 333. The zero-order valence-corrected chi connectivity index (χ0v) is 14.9. The molecule has 0 aliphatic heterocycles. The molecule has 0 saturated carbocycles. The molecule has 0 bridgehead atoms. The van der Waals surface area contributed by atoms with Crippen LogP contribution in [-0.2, 0) is 0 Å². The van der Waals surface area contributed by atoms with E-state index < -0.39 is 0 Å². The molecule has 1 atom stereocenters. The summed E-state index contributed by atoms with van der Waals surface area (Å²) in [6.45, 7) is 5.67. The largest absolute Gasteiger partial charge is 0.310 e. The summed E-state index contributed by atoms with van der Waals surface area (Å²) in [6, 6.07) is 12.2. The van der Waals surface area contributed by atoms with Gasteiger partial charge in [0.1, 0.15) is 0 Å². The lowest BCUT2D eigenvalue weighted by atomic mass is 10.0. The first-order chi connectivity index (χ1) is 10.9. The maximum absolute atomic E-state index is 3.68. The van der Waals surface area contributed by atoms with Gasteiger partial charge in [-0.15, -0.1) is 0 Å². The molecule has 1 aromatic rings. The highest BCUT2D eigenvalue weighted by atomic mass is 14.9. The van der Waals surface area contributed by atoms with Gasteiger partial charge in [0.25, 0.3) is 0 Å². The fourth-order valence-corrected chi connectivity index (χ4v) is 2.99. The van der Waals surface area contributed by atoms with Gasteiger partial charge in [0.15, 0.2) is 0 Å². The average molecular weight is 303 g/mol. The highest BCUT2D eigenvalue weighted by molar-refractivity contribution is 5.17. The first-order valence-corrected chi connectivity index (χ1v) is 9.58. The lowest BCUT2D eigenvalue weighted by molar-refractivity contribution is 0.489. The third kappa shape index (κ3) is 9.25. The van der Waals surface area contributed by atoms with E-state index in [9.17, 15) is 0 Å². The third-order valence-electron chi connectivity index (χ3n) is 4.44. The van der Waals surface area contributed by atoms with Crippen LogP contribution in [0.15, 0.2) is 24.3 Å². The summed E-state index contributed by atoms with van der Waals surface area (Å²) in [7, 11) is 0. The molecule has 0 aromatic heterocycles. The standard InChI is InChI=1S/C21H36N/c1-3-5-6-7-8-9-10-11-12-16-19-22-21(4-2)20-17-14-13-15-18-20/h13-15,17,21-22H,3-12,16,19H2,1-2H3. The van der Waals surface area contributed by atoms with Crippen molar-refractivity contribution in [3.8, 4) is 0 Å². The first kappa shape index (κ1) is 19.2. The van der Waals surface area contributed by atoms with Gasteiger partial charge in [-0.25, -0.2) is 0 Å². The van der Waals surface area contributed by atoms with Gasteiger partial charge in [0, 0.05) is 6.04 Å². The summed E-state index contributed by atoms with van der Waals surface area (Å²) in [5.74, 6) is 0. The molecule has 1 heteroatoms. The Balaban J connectivity index is 1.94. The van der Waals surface area contributed by atoms with E-state index in [-0.39, 0.29) is 0 Å². The molecule has 0 aliphatic carbocycles. The van der Waals surface area contributed by atoms with Crippen LogP contribution in [0.4, 0.5) is 0 Å². The smallest absolute Gasteiger partial charge is 0.0323 e. The molecule has 0 spiro atoms. The minimum Gasteiger partial charge on any atom is -0.310 e. The van der Waals surface area contributed by atoms with Gasteiger partial charge >= 0.3 is 0 Å². The predicted molar refractivity (Wildman–Crippen MR) is 98.2 cm³/mol. The van der Waals surface area contributed by atoms with E-state index in [1.165, 1.54) is 69.8 Å². The molecule has 1 N–H and O–H groups in total. The van der Waals surface area contributed by atoms with Crippen molar-refractivity contribution >= 4 is 0 Å². The normalized spacial score (nSPS) is 12.5. The van der Waals surface area contributed by atoms with Crippen molar-refractivity contribution < 1.29 is 0 Å². The van der Waals surface area contributed by atoms with Crippen molar-refractivity contribution in [2.75, 3.05) is 6.54 Å². The number of hydrogen-bond donors (Lipinski definition) is 1. The van der Waals surface area contributed by atoms with E-state index in [0.29, 0.717) is 6.04 Å². The van der Waals surface area contributed by atoms with E-state index in [4.69, 9.17) is 0 Å². The number of unbranched alkanes of at least 4 members (excludes halogenated alkanes) is 9. The second-order valence-electron chi connectivity index (χ2n) is 6.41. The van der Waals surface area contributed by atoms with Crippen LogP contribution in [0.2, 0.25) is 0 Å². The molecule has 1 radical (unpaired) electrons. The van der Waals surface area contributed by atoms with Crippen LogP contribution < -0.4 is 5.32 Å². The minimum absolute atomic E-state index is 0.472. The molecule has 0 aliphatic rings. The van der Waals surface area contributed by atoms with E-state index in [2.05, 4.69) is 37.4 Å². The van der Waals surface area contributed by atoms with Gasteiger partial charge in [0.2, 0.25) is 0 Å². The molecule has 125 valence electrons. The molecular weight excluding hydrogens is 266 g/mol. The van der Waals surface area contributed by atoms with Crippen LogP contribution in [0, 0.1) is 6.07 Å². The SMILES string of the molecule is CCCCCCCCCCCCNC(CC)c1[c]cccc1. The molecule has 0 amide bonds. The molecule has 0 heterocycles. The number of hydrogen-bond acceptors (Lipinski definition) is 1. The van der Waals surface area contributed by atoms with Crippen LogP contribution in [0.5, 0.6) is 0 Å². The molecule has 0 saturated heterocycles. The second kappa shape index (κ2) is 13.8. The van der Waals surface area contributed by atoms with Crippen LogP contribution >= 0.6 is 0 Å². The van der Waals surface area contributed by atoms with Crippen molar-refractivity contribution in [2.45, 2.75) is 90.5 Å². The Morgan fingerprint density at radius 3 is 2.05 bits per heavy atom. The van der Waals surface area contributed by atoms with E-state index in [1.807, 2.05) is 12.1 Å². The van der Waals surface area contributed by atoms with Gasteiger partial charge in [-0.1, -0.05) is 95.9 Å². The zero-order valence-electron chi connectivity index (χ0n) is 14.9. The molecular formula is C21H36N. The predicted octanol–water partition coefficient (Wildman–Crippen LogP) is 6.45. The number of benzene rings is 1. The Hall–Kier alpha value is -0.820. The second-order valence-corrected chi connectivity index (χ2v) is 6.41. The van der Waals surface area contributed by atoms with Crippen molar-refractivity contribution in [3.63, 3.8) is 0 Å². The molecule has 1 aromatic carbocycles. The molecule has 1 unspecified atom stereocenters. The third-order valence-corrected chi connectivity index (χ3v) is 4.44. The monoisotopic (exact) mass is 302 g/mol. The van der Waals surface area contributed by atoms with Crippen molar-refractivity contribution in [3.05, 3.63) is 35.9 Å². The van der Waals surface area contributed by atoms with E-state index in [0.717, 1.165) is 13.0 Å². The van der Waals surface area contributed by atoms with Crippen molar-refractivity contribution in [1.29, 1.82) is 0 Å². The Kier molecular flexibility index (Phi) is 12.1. The van der Waals surface area contributed by atoms with Gasteiger partial charge < -0.3 is 5.32 Å². The topological polar surface area (TPSA) is 12.0 Å². The summed E-state index contributed by atoms with van der Waals surface area (Å²) in [4.78, 5) is 0. The van der Waals surface area contributed by atoms with Gasteiger partial charge in [-0.2, -0.15) is 0 Å². The summed E-state index contributed by atoms with van der Waals surface area (Å²) in [6.07, 6.45) is 15.2. The molecule has 0 fully saturated rings. The number of rotatable bonds is 14. The van der Waals surface area contributed by atoms with Gasteiger partial charge in [-0.05, 0) is 31.0 Å². The van der Waals surface area contributed by atoms with Crippen LogP contribution in [0.3, 0.4) is 0 Å². The maximum atomic E-state index is 3.68. The van der Waals surface area contributed by atoms with Crippen molar-refractivity contribution in [1.82, 2.24) is 5.32 Å². The van der Waals surface area contributed by atoms with Gasteiger partial charge in [0.05, 0.1) is 0 Å². The van der Waals surface area contributed by atoms with Crippen molar-refractivity contribution in [2.24, 2.45) is 0 Å². The highest BCUT2D eigenvalue weighted by Gasteiger charge is 2.07. The number of nitrogens with one attached hydrogen (secondary N) is 1. The highest BCUT2D eigenvalue weighted by Crippen LogP contribution is 2.15. The maximum Gasteiger partial charge on any atom is 0.0323 e. The lowest BCUT2D eigenvalue weighted by Crippen LogP contribution is -2.21. The molecule has 1 nitrogen and oxygen atoms in total. The summed E-state index contributed by atoms with van der Waals surface area (Å²) >= 11 is 0. The lowest BCUT2D eigenvalue weighted by Gasteiger charge is -2.17. The zero-order chi connectivity index (χ0) is 15.9. The summed E-state index contributed by atoms with van der Waals surface area (Å²) in [5.41, 5.74) is 1.30. The Labute approximate surface area is 138 Å². The van der Waals surface area contributed by atoms with Gasteiger partial charge in [-0.3, -0.25) is 0 Å². The Morgan fingerprint density at radius 2 is 1.50 bits per heavy atom. The molecule has 1 rings (SSSR count). The summed E-state index contributed by atoms with van der Waals surface area (Å²) < 4.78 is 0. The fourth-order valence-electron chi connectivity index (χ4n) is 2.99. The minimum atomic E-state index is 0.472. The first-order valence-electron chi connectivity index (χ1n) is 9.58. The average Bonchev–Trinajstić information content (AvgIpc) is 2.57. The fraction of sp³-hybridized carbons (Fsp3) is 0.714. The van der Waals surface area contributed by atoms with Crippen LogP contribution in [0.25, 0.3) is 0 Å². The van der Waals surface area contributed by atoms with E-state index in [1.54, 1.807) is 0 Å². The van der Waals surface area contributed by atoms with Crippen LogP contribution in [-0.4, -0.2) is 6.54 Å². The van der Waals surface area contributed by atoms with E-state index >= 15 is 0 Å². The quantitative estimate of drug-likeness (QED) is 0.389. The molecule has 22 heavy (non-hydrogen) atoms. The summed E-state index contributed by atoms with van der Waals surface area (Å²) in [5, 5.41) is 3.68. The van der Waals surface area contributed by atoms with Crippen LogP contribution in [0.1, 0.15) is 96.1 Å².